The molecule has 1 saturated carbocycles. The molecule has 13 heavy (non-hydrogen) atoms. The number of aliphatic hydroxyl groups excluding tert-OH is 2. The van der Waals surface area contributed by atoms with Crippen molar-refractivity contribution in [1.82, 2.24) is 0 Å². The first kappa shape index (κ1) is 8.73. The van der Waals surface area contributed by atoms with E-state index in [2.05, 4.69) is 0 Å². The summed E-state index contributed by atoms with van der Waals surface area (Å²) in [6, 6.07) is 7.54. The van der Waals surface area contributed by atoms with E-state index in [9.17, 15) is 5.11 Å². The summed E-state index contributed by atoms with van der Waals surface area (Å²) in [5, 5.41) is 18.7. The van der Waals surface area contributed by atoms with Gasteiger partial charge >= 0.3 is 0 Å². The van der Waals surface area contributed by atoms with Crippen molar-refractivity contribution in [1.29, 1.82) is 0 Å². The number of benzene rings is 1. The summed E-state index contributed by atoms with van der Waals surface area (Å²) in [7, 11) is 0. The fourth-order valence-electron chi connectivity index (χ4n) is 1.56. The van der Waals surface area contributed by atoms with Crippen LogP contribution in [0.1, 0.15) is 30.1 Å². The Morgan fingerprint density at radius 3 is 2.77 bits per heavy atom. The van der Waals surface area contributed by atoms with E-state index in [0.717, 1.165) is 24.0 Å². The molecule has 0 bridgehead atoms. The summed E-state index contributed by atoms with van der Waals surface area (Å²) in [4.78, 5) is 0. The molecule has 0 spiro atoms. The van der Waals surface area contributed by atoms with Crippen LogP contribution in [0, 0.1) is 5.92 Å². The lowest BCUT2D eigenvalue weighted by molar-refractivity contribution is 0.153. The molecule has 0 aliphatic heterocycles. The summed E-state index contributed by atoms with van der Waals surface area (Å²) in [6.45, 7) is 0.0469. The van der Waals surface area contributed by atoms with Crippen LogP contribution < -0.4 is 0 Å². The van der Waals surface area contributed by atoms with E-state index in [1.807, 2.05) is 24.3 Å². The molecule has 1 aromatic rings. The average molecular weight is 178 g/mol. The quantitative estimate of drug-likeness (QED) is 0.738. The fourth-order valence-corrected chi connectivity index (χ4v) is 1.56. The Bertz CT molecular complexity index is 292. The molecule has 0 aromatic heterocycles. The minimum atomic E-state index is -0.327. The lowest BCUT2D eigenvalue weighted by Crippen LogP contribution is -2.00. The maximum absolute atomic E-state index is 9.80. The predicted molar refractivity (Wildman–Crippen MR) is 50.0 cm³/mol. The summed E-state index contributed by atoms with van der Waals surface area (Å²) in [6.07, 6.45) is 1.93. The molecule has 70 valence electrons. The third-order valence-electron chi connectivity index (χ3n) is 2.54. The van der Waals surface area contributed by atoms with Crippen molar-refractivity contribution in [3.63, 3.8) is 0 Å². The minimum Gasteiger partial charge on any atom is -0.392 e. The van der Waals surface area contributed by atoms with Gasteiger partial charge in [0, 0.05) is 0 Å². The van der Waals surface area contributed by atoms with E-state index in [1.54, 1.807) is 0 Å². The lowest BCUT2D eigenvalue weighted by Gasteiger charge is -2.10. The Kier molecular flexibility index (Phi) is 2.34. The van der Waals surface area contributed by atoms with Crippen LogP contribution >= 0.6 is 0 Å². The molecular formula is C11H14O2. The van der Waals surface area contributed by atoms with Gasteiger partial charge in [-0.25, -0.2) is 0 Å². The highest BCUT2D eigenvalue weighted by Crippen LogP contribution is 2.40. The van der Waals surface area contributed by atoms with Crippen molar-refractivity contribution in [3.8, 4) is 0 Å². The minimum absolute atomic E-state index is 0.0469. The number of rotatable bonds is 3. The molecule has 2 rings (SSSR count). The van der Waals surface area contributed by atoms with Crippen LogP contribution in [0.3, 0.4) is 0 Å². The molecule has 2 N–H and O–H groups in total. The average Bonchev–Trinajstić information content (AvgIpc) is 3.00. The van der Waals surface area contributed by atoms with E-state index >= 15 is 0 Å². The van der Waals surface area contributed by atoms with Gasteiger partial charge in [-0.3, -0.25) is 0 Å². The predicted octanol–water partition coefficient (Wildman–Crippen LogP) is 1.62. The Morgan fingerprint density at radius 2 is 2.15 bits per heavy atom. The normalized spacial score (nSPS) is 18.6. The van der Waals surface area contributed by atoms with Crippen molar-refractivity contribution in [2.45, 2.75) is 25.6 Å². The van der Waals surface area contributed by atoms with Crippen LogP contribution in [0.25, 0.3) is 0 Å². The molecule has 1 unspecified atom stereocenters. The zero-order valence-electron chi connectivity index (χ0n) is 7.48. The fraction of sp³-hybridized carbons (Fsp3) is 0.455. The van der Waals surface area contributed by atoms with Gasteiger partial charge in [-0.05, 0) is 29.9 Å². The summed E-state index contributed by atoms with van der Waals surface area (Å²) in [5.74, 6) is 0.453. The number of hydrogen-bond acceptors (Lipinski definition) is 2. The Hall–Kier alpha value is -0.860. The molecule has 0 radical (unpaired) electrons. The van der Waals surface area contributed by atoms with Crippen LogP contribution in [0.4, 0.5) is 0 Å². The molecule has 0 saturated heterocycles. The first-order valence-electron chi connectivity index (χ1n) is 4.69. The molecular weight excluding hydrogens is 164 g/mol. The standard InChI is InChI=1S/C11H14O2/c12-7-8-2-1-3-10(6-8)11(13)9-4-5-9/h1-3,6,9,11-13H,4-5,7H2. The molecule has 1 atom stereocenters. The Morgan fingerprint density at radius 1 is 1.38 bits per heavy atom. The van der Waals surface area contributed by atoms with Crippen molar-refractivity contribution >= 4 is 0 Å². The van der Waals surface area contributed by atoms with Crippen LogP contribution in [-0.2, 0) is 6.61 Å². The highest BCUT2D eigenvalue weighted by Gasteiger charge is 2.30. The van der Waals surface area contributed by atoms with Crippen molar-refractivity contribution in [3.05, 3.63) is 35.4 Å². The third-order valence-corrected chi connectivity index (χ3v) is 2.54. The van der Waals surface area contributed by atoms with Crippen molar-refractivity contribution < 1.29 is 10.2 Å². The van der Waals surface area contributed by atoms with E-state index in [0.29, 0.717) is 5.92 Å². The maximum atomic E-state index is 9.80. The molecule has 0 heterocycles. The zero-order chi connectivity index (χ0) is 9.26. The highest BCUT2D eigenvalue weighted by molar-refractivity contribution is 5.25. The van der Waals surface area contributed by atoms with Gasteiger partial charge in [-0.2, -0.15) is 0 Å². The molecule has 1 aliphatic carbocycles. The maximum Gasteiger partial charge on any atom is 0.0818 e. The van der Waals surface area contributed by atoms with Gasteiger partial charge in [0.1, 0.15) is 0 Å². The van der Waals surface area contributed by atoms with Crippen LogP contribution in [0.5, 0.6) is 0 Å². The molecule has 1 aromatic carbocycles. The van der Waals surface area contributed by atoms with Crippen LogP contribution in [0.15, 0.2) is 24.3 Å². The molecule has 2 heteroatoms. The van der Waals surface area contributed by atoms with Crippen LogP contribution in [0.2, 0.25) is 0 Å². The van der Waals surface area contributed by atoms with E-state index in [1.165, 1.54) is 0 Å². The number of aliphatic hydroxyl groups is 2. The Labute approximate surface area is 77.8 Å². The van der Waals surface area contributed by atoms with Crippen molar-refractivity contribution in [2.75, 3.05) is 0 Å². The van der Waals surface area contributed by atoms with Crippen LogP contribution in [-0.4, -0.2) is 10.2 Å². The van der Waals surface area contributed by atoms with E-state index in [4.69, 9.17) is 5.11 Å². The van der Waals surface area contributed by atoms with Gasteiger partial charge in [0.15, 0.2) is 0 Å². The second kappa shape index (κ2) is 3.48. The Balaban J connectivity index is 2.18. The summed E-state index contributed by atoms with van der Waals surface area (Å²) in [5.41, 5.74) is 1.81. The molecule has 0 amide bonds. The number of hydrogen-bond donors (Lipinski definition) is 2. The third kappa shape index (κ3) is 1.90. The van der Waals surface area contributed by atoms with E-state index in [-0.39, 0.29) is 12.7 Å². The van der Waals surface area contributed by atoms with Gasteiger partial charge in [-0.15, -0.1) is 0 Å². The lowest BCUT2D eigenvalue weighted by atomic mass is 10.0. The summed E-state index contributed by atoms with van der Waals surface area (Å²) >= 11 is 0. The highest BCUT2D eigenvalue weighted by atomic mass is 16.3. The zero-order valence-corrected chi connectivity index (χ0v) is 7.48. The smallest absolute Gasteiger partial charge is 0.0818 e. The van der Waals surface area contributed by atoms with Gasteiger partial charge < -0.3 is 10.2 Å². The van der Waals surface area contributed by atoms with Gasteiger partial charge in [0.25, 0.3) is 0 Å². The van der Waals surface area contributed by atoms with Gasteiger partial charge in [0.2, 0.25) is 0 Å². The first-order valence-corrected chi connectivity index (χ1v) is 4.69. The van der Waals surface area contributed by atoms with E-state index < -0.39 is 0 Å². The largest absolute Gasteiger partial charge is 0.392 e. The second-order valence-corrected chi connectivity index (χ2v) is 3.69. The molecule has 2 nitrogen and oxygen atoms in total. The molecule has 1 aliphatic rings. The van der Waals surface area contributed by atoms with Gasteiger partial charge in [0.05, 0.1) is 12.7 Å². The van der Waals surface area contributed by atoms with Gasteiger partial charge in [-0.1, -0.05) is 24.3 Å². The summed E-state index contributed by atoms with van der Waals surface area (Å²) < 4.78 is 0. The second-order valence-electron chi connectivity index (χ2n) is 3.69. The monoisotopic (exact) mass is 178 g/mol. The first-order chi connectivity index (χ1) is 6.31. The van der Waals surface area contributed by atoms with Crippen molar-refractivity contribution in [2.24, 2.45) is 5.92 Å². The topological polar surface area (TPSA) is 40.5 Å². The molecule has 1 fully saturated rings. The SMILES string of the molecule is OCc1cccc(C(O)C2CC2)c1.